The van der Waals surface area contributed by atoms with Crippen LogP contribution in [0, 0.1) is 0 Å². The molecule has 1 heterocycles. The highest BCUT2D eigenvalue weighted by molar-refractivity contribution is 8.15. The Balaban J connectivity index is 2.66. The lowest BCUT2D eigenvalue weighted by molar-refractivity contribution is -0.125. The zero-order chi connectivity index (χ0) is 8.43. The van der Waals surface area contributed by atoms with Gasteiger partial charge in [-0.1, -0.05) is 17.8 Å². The van der Waals surface area contributed by atoms with Crippen LogP contribution >= 0.6 is 11.8 Å². The molecule has 0 saturated carbocycles. The Labute approximate surface area is 69.4 Å². The number of hydrogen-bond acceptors (Lipinski definition) is 3. The largest absolute Gasteiger partial charge is 0.288 e. The molecule has 0 aromatic rings. The molecule has 0 bridgehead atoms. The lowest BCUT2D eigenvalue weighted by Crippen LogP contribution is -2.26. The number of amides is 2. The summed E-state index contributed by atoms with van der Waals surface area (Å²) in [4.78, 5) is 23.2. The van der Waals surface area contributed by atoms with Crippen LogP contribution < -0.4 is 0 Å². The average Bonchev–Trinajstić information content (AvgIpc) is 2.19. The monoisotopic (exact) mass is 171 g/mol. The van der Waals surface area contributed by atoms with E-state index in [1.807, 2.05) is 0 Å². The van der Waals surface area contributed by atoms with E-state index in [2.05, 4.69) is 6.58 Å². The standard InChI is InChI=1S/C7H9NO2S/c1-3-4-5-6(9)8(2)7(10)11-5/h3,5H,1,4H2,2H3. The van der Waals surface area contributed by atoms with Crippen LogP contribution in [-0.2, 0) is 4.79 Å². The average molecular weight is 171 g/mol. The SMILES string of the molecule is C=CCC1SC(=O)N(C)C1=O. The summed E-state index contributed by atoms with van der Waals surface area (Å²) in [6, 6.07) is 0. The van der Waals surface area contributed by atoms with Crippen LogP contribution in [0.25, 0.3) is 0 Å². The zero-order valence-electron chi connectivity index (χ0n) is 6.24. The van der Waals surface area contributed by atoms with Crippen molar-refractivity contribution in [2.45, 2.75) is 11.7 Å². The molecule has 4 heteroatoms. The molecule has 0 aliphatic carbocycles. The van der Waals surface area contributed by atoms with Crippen molar-refractivity contribution in [1.29, 1.82) is 0 Å². The molecule has 1 atom stereocenters. The second-order valence-electron chi connectivity index (χ2n) is 2.29. The molecule has 1 unspecified atom stereocenters. The Bertz CT molecular complexity index is 214. The number of allylic oxidation sites excluding steroid dienone is 1. The molecule has 0 aromatic carbocycles. The lowest BCUT2D eigenvalue weighted by atomic mass is 10.3. The predicted octanol–water partition coefficient (Wildman–Crippen LogP) is 1.26. The summed E-state index contributed by atoms with van der Waals surface area (Å²) in [5.74, 6) is -0.111. The summed E-state index contributed by atoms with van der Waals surface area (Å²) in [5, 5.41) is -0.396. The minimum Gasteiger partial charge on any atom is -0.275 e. The third-order valence-electron chi connectivity index (χ3n) is 1.50. The number of rotatable bonds is 2. The van der Waals surface area contributed by atoms with Gasteiger partial charge in [-0.05, 0) is 6.42 Å². The topological polar surface area (TPSA) is 37.4 Å². The smallest absolute Gasteiger partial charge is 0.275 e. The van der Waals surface area contributed by atoms with Gasteiger partial charge in [0.05, 0.1) is 5.25 Å². The Morgan fingerprint density at radius 3 is 2.73 bits per heavy atom. The fourth-order valence-electron chi connectivity index (χ4n) is 0.857. The molecule has 60 valence electrons. The Morgan fingerprint density at radius 2 is 2.36 bits per heavy atom. The second-order valence-corrected chi connectivity index (χ2v) is 3.45. The minimum atomic E-state index is -0.231. The number of carbonyl (C=O) groups is 2. The van der Waals surface area contributed by atoms with Gasteiger partial charge in [0.2, 0.25) is 5.91 Å². The Hall–Kier alpha value is -0.770. The number of hydrogen-bond donors (Lipinski definition) is 0. The predicted molar refractivity (Wildman–Crippen MR) is 44.4 cm³/mol. The van der Waals surface area contributed by atoms with Crippen LogP contribution in [-0.4, -0.2) is 28.3 Å². The molecule has 0 N–H and O–H groups in total. The summed E-state index contributed by atoms with van der Waals surface area (Å²) in [5.41, 5.74) is 0. The molecule has 0 aromatic heterocycles. The van der Waals surface area contributed by atoms with E-state index in [-0.39, 0.29) is 16.4 Å². The molecule has 2 amide bonds. The first kappa shape index (κ1) is 8.33. The zero-order valence-corrected chi connectivity index (χ0v) is 7.06. The number of thioether (sulfide) groups is 1. The van der Waals surface area contributed by atoms with Gasteiger partial charge in [-0.15, -0.1) is 6.58 Å². The minimum absolute atomic E-state index is 0.111. The van der Waals surface area contributed by atoms with Crippen LogP contribution in [0.1, 0.15) is 6.42 Å². The van der Waals surface area contributed by atoms with Crippen molar-refractivity contribution in [3.8, 4) is 0 Å². The van der Waals surface area contributed by atoms with Crippen molar-refractivity contribution in [3.63, 3.8) is 0 Å². The first-order valence-electron chi connectivity index (χ1n) is 3.26. The molecular weight excluding hydrogens is 162 g/mol. The van der Waals surface area contributed by atoms with Crippen molar-refractivity contribution >= 4 is 22.9 Å². The van der Waals surface area contributed by atoms with Crippen LogP contribution in [0.5, 0.6) is 0 Å². The molecule has 1 aliphatic heterocycles. The summed E-state index contributed by atoms with van der Waals surface area (Å²) in [6.45, 7) is 3.51. The van der Waals surface area contributed by atoms with Gasteiger partial charge in [0.1, 0.15) is 0 Å². The van der Waals surface area contributed by atoms with Crippen LogP contribution in [0.3, 0.4) is 0 Å². The molecular formula is C7H9NO2S. The molecule has 1 rings (SSSR count). The Kier molecular flexibility index (Phi) is 2.34. The summed E-state index contributed by atoms with van der Waals surface area (Å²) in [7, 11) is 1.50. The summed E-state index contributed by atoms with van der Waals surface area (Å²) < 4.78 is 0. The fraction of sp³-hybridized carbons (Fsp3) is 0.429. The van der Waals surface area contributed by atoms with E-state index in [9.17, 15) is 9.59 Å². The van der Waals surface area contributed by atoms with E-state index in [0.29, 0.717) is 6.42 Å². The van der Waals surface area contributed by atoms with E-state index >= 15 is 0 Å². The first-order chi connectivity index (χ1) is 5.16. The summed E-state index contributed by atoms with van der Waals surface area (Å²) >= 11 is 1.07. The highest BCUT2D eigenvalue weighted by atomic mass is 32.2. The van der Waals surface area contributed by atoms with E-state index < -0.39 is 0 Å². The van der Waals surface area contributed by atoms with Crippen molar-refractivity contribution in [2.24, 2.45) is 0 Å². The van der Waals surface area contributed by atoms with Crippen molar-refractivity contribution in [1.82, 2.24) is 4.90 Å². The lowest BCUT2D eigenvalue weighted by Gasteiger charge is -2.03. The van der Waals surface area contributed by atoms with Gasteiger partial charge in [0, 0.05) is 7.05 Å². The quantitative estimate of drug-likeness (QED) is 0.587. The number of carbonyl (C=O) groups excluding carboxylic acids is 2. The van der Waals surface area contributed by atoms with E-state index in [1.165, 1.54) is 7.05 Å². The third-order valence-corrected chi connectivity index (χ3v) is 2.66. The molecule has 3 nitrogen and oxygen atoms in total. The highest BCUT2D eigenvalue weighted by Gasteiger charge is 2.35. The van der Waals surface area contributed by atoms with Gasteiger partial charge in [-0.25, -0.2) is 0 Å². The van der Waals surface area contributed by atoms with Crippen molar-refractivity contribution in [3.05, 3.63) is 12.7 Å². The fourth-order valence-corrected chi connectivity index (χ4v) is 1.84. The van der Waals surface area contributed by atoms with Crippen LogP contribution in [0.4, 0.5) is 4.79 Å². The summed E-state index contributed by atoms with van der Waals surface area (Å²) in [6.07, 6.45) is 2.22. The maximum absolute atomic E-state index is 11.1. The molecule has 0 radical (unpaired) electrons. The van der Waals surface area contributed by atoms with E-state index in [1.54, 1.807) is 6.08 Å². The van der Waals surface area contributed by atoms with E-state index in [0.717, 1.165) is 16.7 Å². The van der Waals surface area contributed by atoms with Crippen molar-refractivity contribution < 1.29 is 9.59 Å². The molecule has 1 aliphatic rings. The van der Waals surface area contributed by atoms with Gasteiger partial charge >= 0.3 is 0 Å². The Morgan fingerprint density at radius 1 is 1.73 bits per heavy atom. The van der Waals surface area contributed by atoms with E-state index in [4.69, 9.17) is 0 Å². The second kappa shape index (κ2) is 3.09. The third kappa shape index (κ3) is 1.45. The van der Waals surface area contributed by atoms with Crippen molar-refractivity contribution in [2.75, 3.05) is 7.05 Å². The van der Waals surface area contributed by atoms with Gasteiger partial charge < -0.3 is 0 Å². The van der Waals surface area contributed by atoms with Gasteiger partial charge in [0.15, 0.2) is 0 Å². The molecule has 11 heavy (non-hydrogen) atoms. The highest BCUT2D eigenvalue weighted by Crippen LogP contribution is 2.27. The van der Waals surface area contributed by atoms with Crippen LogP contribution in [0.2, 0.25) is 0 Å². The maximum atomic E-state index is 11.1. The molecule has 1 saturated heterocycles. The molecule has 0 spiro atoms. The maximum Gasteiger partial charge on any atom is 0.288 e. The van der Waals surface area contributed by atoms with Gasteiger partial charge in [-0.2, -0.15) is 0 Å². The first-order valence-corrected chi connectivity index (χ1v) is 4.14. The van der Waals surface area contributed by atoms with Gasteiger partial charge in [-0.3, -0.25) is 14.5 Å². The van der Waals surface area contributed by atoms with Crippen LogP contribution in [0.15, 0.2) is 12.7 Å². The normalized spacial score (nSPS) is 24.5. The molecule has 1 fully saturated rings. The number of imide groups is 1. The van der Waals surface area contributed by atoms with Gasteiger partial charge in [0.25, 0.3) is 5.24 Å². The number of nitrogens with zero attached hydrogens (tertiary/aromatic N) is 1.